The number of carbonyl (C=O) groups excluding carboxylic acids is 1. The van der Waals surface area contributed by atoms with E-state index in [1.807, 2.05) is 13.0 Å². The number of carboxylic acids is 1. The number of aromatic hydroxyl groups is 1. The quantitative estimate of drug-likeness (QED) is 0.506. The number of nitrogens with zero attached hydrogens (tertiary/aromatic N) is 4. The largest absolute Gasteiger partial charge is 0.508 e. The van der Waals surface area contributed by atoms with Gasteiger partial charge in [0.1, 0.15) is 23.3 Å². The van der Waals surface area contributed by atoms with Crippen molar-refractivity contribution in [1.82, 2.24) is 14.7 Å². The SMILES string of the molecule is CCCCn1cc(C(=O)O)c(CC(=O)CCc2nc(-c3ccc(O)cc3)no2)c1C#N. The Hall–Kier alpha value is -3.93. The lowest BCUT2D eigenvalue weighted by molar-refractivity contribution is -0.118. The molecule has 0 saturated carbocycles. The fraction of sp³-hybridized carbons (Fsp3) is 0.318. The molecule has 2 aromatic heterocycles. The van der Waals surface area contributed by atoms with Gasteiger partial charge in [0.25, 0.3) is 0 Å². The number of ketones is 1. The van der Waals surface area contributed by atoms with E-state index in [4.69, 9.17) is 4.52 Å². The van der Waals surface area contributed by atoms with E-state index in [1.165, 1.54) is 18.3 Å². The highest BCUT2D eigenvalue weighted by molar-refractivity contribution is 5.93. The van der Waals surface area contributed by atoms with Gasteiger partial charge in [-0.2, -0.15) is 10.2 Å². The molecule has 0 bridgehead atoms. The normalized spacial score (nSPS) is 10.7. The van der Waals surface area contributed by atoms with Crippen LogP contribution in [0, 0.1) is 11.3 Å². The summed E-state index contributed by atoms with van der Waals surface area (Å²) in [7, 11) is 0. The van der Waals surface area contributed by atoms with E-state index in [0.717, 1.165) is 12.8 Å². The van der Waals surface area contributed by atoms with Gasteiger partial charge in [-0.15, -0.1) is 0 Å². The second kappa shape index (κ2) is 9.71. The zero-order chi connectivity index (χ0) is 22.4. The first-order valence-electron chi connectivity index (χ1n) is 9.92. The minimum absolute atomic E-state index is 0.0200. The van der Waals surface area contributed by atoms with Gasteiger partial charge in [0.2, 0.25) is 11.7 Å². The highest BCUT2D eigenvalue weighted by Crippen LogP contribution is 2.22. The van der Waals surface area contributed by atoms with Gasteiger partial charge in [0.15, 0.2) is 0 Å². The Morgan fingerprint density at radius 1 is 1.26 bits per heavy atom. The number of phenols is 1. The fourth-order valence-corrected chi connectivity index (χ4v) is 3.22. The predicted molar refractivity (Wildman–Crippen MR) is 109 cm³/mol. The van der Waals surface area contributed by atoms with Crippen LogP contribution in [0.5, 0.6) is 5.75 Å². The highest BCUT2D eigenvalue weighted by atomic mass is 16.5. The van der Waals surface area contributed by atoms with Crippen LogP contribution in [-0.4, -0.2) is 36.7 Å². The standard InChI is InChI=1S/C22H22N4O5/c1-2-3-10-26-13-18(22(29)30)17(19(26)12-23)11-16(28)8-9-20-24-21(25-31-20)14-4-6-15(27)7-5-14/h4-7,13,27H,2-3,8-11H2,1H3,(H,29,30). The van der Waals surface area contributed by atoms with Crippen LogP contribution in [0.3, 0.4) is 0 Å². The first-order valence-corrected chi connectivity index (χ1v) is 9.92. The van der Waals surface area contributed by atoms with E-state index >= 15 is 0 Å². The summed E-state index contributed by atoms with van der Waals surface area (Å²) in [5.41, 5.74) is 1.10. The molecule has 0 saturated heterocycles. The molecule has 0 aliphatic rings. The summed E-state index contributed by atoms with van der Waals surface area (Å²) in [5.74, 6) is -0.646. The number of carboxylic acid groups (broad SMARTS) is 1. The Balaban J connectivity index is 1.68. The molecule has 1 aromatic carbocycles. The Labute approximate surface area is 178 Å². The van der Waals surface area contributed by atoms with Gasteiger partial charge in [0.05, 0.1) is 5.56 Å². The van der Waals surface area contributed by atoms with Gasteiger partial charge in [0, 0.05) is 43.1 Å². The molecule has 0 spiro atoms. The molecule has 3 aromatic rings. The Morgan fingerprint density at radius 2 is 2.00 bits per heavy atom. The zero-order valence-corrected chi connectivity index (χ0v) is 17.0. The minimum atomic E-state index is -1.16. The van der Waals surface area contributed by atoms with E-state index in [0.29, 0.717) is 17.9 Å². The second-order valence-corrected chi connectivity index (χ2v) is 7.11. The number of aromatic carboxylic acids is 1. The van der Waals surface area contributed by atoms with Gasteiger partial charge >= 0.3 is 5.97 Å². The monoisotopic (exact) mass is 422 g/mol. The van der Waals surface area contributed by atoms with Crippen molar-refractivity contribution in [3.05, 3.63) is 53.2 Å². The molecule has 31 heavy (non-hydrogen) atoms. The molecule has 9 heteroatoms. The lowest BCUT2D eigenvalue weighted by Gasteiger charge is -2.04. The van der Waals surface area contributed by atoms with Gasteiger partial charge < -0.3 is 19.3 Å². The molecule has 0 aliphatic carbocycles. The summed E-state index contributed by atoms with van der Waals surface area (Å²) >= 11 is 0. The number of unbranched alkanes of at least 4 members (excludes halogenated alkanes) is 1. The van der Waals surface area contributed by atoms with Crippen LogP contribution in [-0.2, 0) is 24.2 Å². The van der Waals surface area contributed by atoms with Crippen LogP contribution in [0.4, 0.5) is 0 Å². The first-order chi connectivity index (χ1) is 14.9. The molecule has 9 nitrogen and oxygen atoms in total. The maximum absolute atomic E-state index is 12.5. The third kappa shape index (κ3) is 5.17. The van der Waals surface area contributed by atoms with Crippen molar-refractivity contribution in [2.45, 2.75) is 45.6 Å². The van der Waals surface area contributed by atoms with E-state index in [-0.39, 0.29) is 53.5 Å². The highest BCUT2D eigenvalue weighted by Gasteiger charge is 2.22. The summed E-state index contributed by atoms with van der Waals surface area (Å²) in [6.07, 6.45) is 3.25. The topological polar surface area (TPSA) is 142 Å². The van der Waals surface area contributed by atoms with Crippen LogP contribution in [0.1, 0.15) is 53.7 Å². The summed E-state index contributed by atoms with van der Waals surface area (Å²) in [4.78, 5) is 28.4. The number of Topliss-reactive ketones (excluding diaryl/α,β-unsaturated/α-hetero) is 1. The van der Waals surface area contributed by atoms with E-state index in [2.05, 4.69) is 10.1 Å². The van der Waals surface area contributed by atoms with E-state index in [1.54, 1.807) is 16.7 Å². The van der Waals surface area contributed by atoms with Gasteiger partial charge in [-0.05, 0) is 30.7 Å². The Morgan fingerprint density at radius 3 is 2.65 bits per heavy atom. The number of hydrogen-bond acceptors (Lipinski definition) is 7. The molecular formula is C22H22N4O5. The van der Waals surface area contributed by atoms with E-state index in [9.17, 15) is 25.1 Å². The van der Waals surface area contributed by atoms with Gasteiger partial charge in [-0.1, -0.05) is 18.5 Å². The predicted octanol–water partition coefficient (Wildman–Crippen LogP) is 3.36. The van der Waals surface area contributed by atoms with Gasteiger partial charge in [-0.25, -0.2) is 4.79 Å². The maximum Gasteiger partial charge on any atom is 0.337 e. The van der Waals surface area contributed by atoms with Crippen molar-refractivity contribution in [3.8, 4) is 23.2 Å². The number of rotatable bonds is 10. The molecule has 3 rings (SSSR count). The van der Waals surface area contributed by atoms with Crippen molar-refractivity contribution < 1.29 is 24.3 Å². The van der Waals surface area contributed by atoms with Gasteiger partial charge in [-0.3, -0.25) is 4.79 Å². The molecule has 0 amide bonds. The molecule has 0 aliphatic heterocycles. The lowest BCUT2D eigenvalue weighted by Crippen LogP contribution is -2.09. The first kappa shape index (κ1) is 21.8. The number of phenolic OH excluding ortho intramolecular Hbond substituents is 1. The molecule has 0 fully saturated rings. The number of nitriles is 1. The van der Waals surface area contributed by atoms with Crippen LogP contribution < -0.4 is 0 Å². The number of aryl methyl sites for hydroxylation is 2. The maximum atomic E-state index is 12.5. The molecule has 0 radical (unpaired) electrons. The summed E-state index contributed by atoms with van der Waals surface area (Å²) in [5, 5.41) is 32.2. The second-order valence-electron chi connectivity index (χ2n) is 7.11. The third-order valence-corrected chi connectivity index (χ3v) is 4.86. The molecule has 160 valence electrons. The van der Waals surface area contributed by atoms with E-state index < -0.39 is 5.97 Å². The smallest absolute Gasteiger partial charge is 0.337 e. The summed E-state index contributed by atoms with van der Waals surface area (Å²) in [6, 6.07) is 8.35. The summed E-state index contributed by atoms with van der Waals surface area (Å²) < 4.78 is 6.79. The Kier molecular flexibility index (Phi) is 6.82. The van der Waals surface area contributed by atoms with Crippen LogP contribution >= 0.6 is 0 Å². The Bertz CT molecular complexity index is 1120. The average molecular weight is 422 g/mol. The molecule has 2 heterocycles. The molecular weight excluding hydrogens is 400 g/mol. The van der Waals surface area contributed by atoms with Crippen molar-refractivity contribution in [2.75, 3.05) is 0 Å². The van der Waals surface area contributed by atoms with Crippen molar-refractivity contribution in [3.63, 3.8) is 0 Å². The zero-order valence-electron chi connectivity index (χ0n) is 17.0. The number of benzene rings is 1. The van der Waals surface area contributed by atoms with Crippen molar-refractivity contribution >= 4 is 11.8 Å². The van der Waals surface area contributed by atoms with Crippen molar-refractivity contribution in [2.24, 2.45) is 0 Å². The van der Waals surface area contributed by atoms with Crippen molar-refractivity contribution in [1.29, 1.82) is 5.26 Å². The summed E-state index contributed by atoms with van der Waals surface area (Å²) in [6.45, 7) is 2.53. The van der Waals surface area contributed by atoms with Crippen LogP contribution in [0.15, 0.2) is 35.0 Å². The minimum Gasteiger partial charge on any atom is -0.508 e. The fourth-order valence-electron chi connectivity index (χ4n) is 3.22. The average Bonchev–Trinajstić information content (AvgIpc) is 3.36. The number of hydrogen-bond donors (Lipinski definition) is 2. The van der Waals surface area contributed by atoms with Crippen LogP contribution in [0.2, 0.25) is 0 Å². The number of aromatic nitrogens is 3. The number of carbonyl (C=O) groups is 2. The molecule has 0 unspecified atom stereocenters. The van der Waals surface area contributed by atoms with Crippen LogP contribution in [0.25, 0.3) is 11.4 Å². The third-order valence-electron chi connectivity index (χ3n) is 4.86. The molecule has 0 atom stereocenters. The molecule has 2 N–H and O–H groups in total. The lowest BCUT2D eigenvalue weighted by atomic mass is 10.0.